The molecule has 3 rings (SSSR count). The van der Waals surface area contributed by atoms with E-state index in [1.807, 2.05) is 0 Å². The summed E-state index contributed by atoms with van der Waals surface area (Å²) in [6.45, 7) is 4.60. The lowest BCUT2D eigenvalue weighted by Gasteiger charge is -2.35. The molecule has 1 saturated carbocycles. The minimum Gasteiger partial charge on any atom is -0.300 e. The Hall–Kier alpha value is 0.150. The van der Waals surface area contributed by atoms with Crippen LogP contribution in [-0.2, 0) is 10.0 Å². The van der Waals surface area contributed by atoms with E-state index in [0.29, 0.717) is 15.4 Å². The number of rotatable bonds is 4. The highest BCUT2D eigenvalue weighted by atomic mass is 35.5. The lowest BCUT2D eigenvalue weighted by atomic mass is 9.97. The number of likely N-dealkylation sites (tertiary alicyclic amines) is 1. The maximum absolute atomic E-state index is 12.8. The van der Waals surface area contributed by atoms with Gasteiger partial charge < -0.3 is 4.90 Å². The van der Waals surface area contributed by atoms with Crippen LogP contribution in [0.25, 0.3) is 0 Å². The fourth-order valence-corrected chi connectivity index (χ4v) is 7.25. The van der Waals surface area contributed by atoms with Gasteiger partial charge in [-0.1, -0.05) is 30.1 Å². The number of halogens is 2. The van der Waals surface area contributed by atoms with Crippen molar-refractivity contribution in [3.8, 4) is 0 Å². The lowest BCUT2D eigenvalue weighted by molar-refractivity contribution is 0.136. The molecule has 1 aliphatic heterocycles. The SMILES string of the molecule is CC1CCN([C@@H]2CC[C@H](N(C)S(=O)(=O)c3cc(Cl)c(Cl)s3)C2)CC1. The van der Waals surface area contributed by atoms with Gasteiger partial charge in [-0.2, -0.15) is 4.31 Å². The first-order valence-corrected chi connectivity index (χ1v) is 11.5. The van der Waals surface area contributed by atoms with Crippen LogP contribution in [0, 0.1) is 5.92 Å². The zero-order chi connectivity index (χ0) is 17.5. The molecular formula is C16H24Cl2N2O2S2. The van der Waals surface area contributed by atoms with Crippen molar-refractivity contribution >= 4 is 44.6 Å². The fourth-order valence-electron chi connectivity index (χ4n) is 3.78. The first-order chi connectivity index (χ1) is 11.3. The van der Waals surface area contributed by atoms with Gasteiger partial charge in [0.2, 0.25) is 0 Å². The third-order valence-electron chi connectivity index (χ3n) is 5.48. The number of sulfonamides is 1. The van der Waals surface area contributed by atoms with Gasteiger partial charge in [0.05, 0.1) is 5.02 Å². The van der Waals surface area contributed by atoms with Crippen molar-refractivity contribution in [2.75, 3.05) is 20.1 Å². The maximum atomic E-state index is 12.8. The molecule has 0 radical (unpaired) electrons. The van der Waals surface area contributed by atoms with Crippen LogP contribution in [0.3, 0.4) is 0 Å². The molecule has 4 nitrogen and oxygen atoms in total. The minimum atomic E-state index is -3.52. The first-order valence-electron chi connectivity index (χ1n) is 8.46. The Bertz CT molecular complexity index is 665. The Morgan fingerprint density at radius 3 is 2.46 bits per heavy atom. The quantitative estimate of drug-likeness (QED) is 0.741. The summed E-state index contributed by atoms with van der Waals surface area (Å²) in [6.07, 6.45) is 5.41. The van der Waals surface area contributed by atoms with E-state index < -0.39 is 10.0 Å². The Kier molecular flexibility index (Phi) is 5.84. The second-order valence-electron chi connectivity index (χ2n) is 7.05. The zero-order valence-corrected chi connectivity index (χ0v) is 17.2. The van der Waals surface area contributed by atoms with Crippen LogP contribution < -0.4 is 0 Å². The van der Waals surface area contributed by atoms with Crippen LogP contribution in [0.1, 0.15) is 39.0 Å². The molecule has 2 heterocycles. The number of hydrogen-bond donors (Lipinski definition) is 0. The van der Waals surface area contributed by atoms with Gasteiger partial charge in [-0.05, 0) is 57.2 Å². The Labute approximate surface area is 158 Å². The van der Waals surface area contributed by atoms with E-state index in [-0.39, 0.29) is 10.3 Å². The molecule has 1 aromatic heterocycles. The van der Waals surface area contributed by atoms with E-state index in [4.69, 9.17) is 23.2 Å². The highest BCUT2D eigenvalue weighted by Gasteiger charge is 2.37. The molecule has 0 aromatic carbocycles. The van der Waals surface area contributed by atoms with Crippen LogP contribution in [0.2, 0.25) is 9.36 Å². The third kappa shape index (κ3) is 3.79. The van der Waals surface area contributed by atoms with Crippen LogP contribution >= 0.6 is 34.5 Å². The van der Waals surface area contributed by atoms with Crippen LogP contribution in [-0.4, -0.2) is 49.8 Å². The van der Waals surface area contributed by atoms with Crippen molar-refractivity contribution in [2.24, 2.45) is 5.92 Å². The average Bonchev–Trinajstić information content (AvgIpc) is 3.15. The van der Waals surface area contributed by atoms with E-state index in [1.165, 1.54) is 23.2 Å². The van der Waals surface area contributed by atoms with Crippen molar-refractivity contribution in [1.82, 2.24) is 9.21 Å². The number of nitrogens with zero attached hydrogens (tertiary/aromatic N) is 2. The second-order valence-corrected chi connectivity index (χ2v) is 11.3. The van der Waals surface area contributed by atoms with Crippen molar-refractivity contribution < 1.29 is 8.42 Å². The third-order valence-corrected chi connectivity index (χ3v) is 9.71. The summed E-state index contributed by atoms with van der Waals surface area (Å²) in [5, 5.41) is 0.306. The Morgan fingerprint density at radius 2 is 1.88 bits per heavy atom. The van der Waals surface area contributed by atoms with Crippen LogP contribution in [0.4, 0.5) is 0 Å². The number of thiophene rings is 1. The molecule has 1 saturated heterocycles. The van der Waals surface area contributed by atoms with Gasteiger partial charge in [-0.3, -0.25) is 0 Å². The topological polar surface area (TPSA) is 40.6 Å². The summed E-state index contributed by atoms with van der Waals surface area (Å²) in [4.78, 5) is 2.55. The monoisotopic (exact) mass is 410 g/mol. The van der Waals surface area contributed by atoms with E-state index in [2.05, 4.69) is 11.8 Å². The zero-order valence-electron chi connectivity index (χ0n) is 14.0. The second kappa shape index (κ2) is 7.41. The molecule has 0 N–H and O–H groups in total. The standard InChI is InChI=1S/C16H24Cl2N2O2S2/c1-11-5-7-20(8-6-11)13-4-3-12(9-13)19(2)24(21,22)15-10-14(17)16(18)23-15/h10-13H,3-9H2,1-2H3/t12-,13+/m0/s1. The normalized spacial score (nSPS) is 27.2. The molecule has 2 fully saturated rings. The van der Waals surface area contributed by atoms with Gasteiger partial charge in [0.15, 0.2) is 0 Å². The summed E-state index contributed by atoms with van der Waals surface area (Å²) in [7, 11) is -1.84. The predicted octanol–water partition coefficient (Wildman–Crippen LogP) is 4.33. The van der Waals surface area contributed by atoms with Gasteiger partial charge in [-0.25, -0.2) is 8.42 Å². The minimum absolute atomic E-state index is 0.0546. The number of hydrogen-bond acceptors (Lipinski definition) is 4. The predicted molar refractivity (Wildman–Crippen MR) is 101 cm³/mol. The van der Waals surface area contributed by atoms with Crippen molar-refractivity contribution in [1.29, 1.82) is 0 Å². The highest BCUT2D eigenvalue weighted by Crippen LogP contribution is 2.38. The molecule has 0 bridgehead atoms. The van der Waals surface area contributed by atoms with E-state index in [9.17, 15) is 8.42 Å². The average molecular weight is 411 g/mol. The van der Waals surface area contributed by atoms with Gasteiger partial charge >= 0.3 is 0 Å². The smallest absolute Gasteiger partial charge is 0.252 e. The van der Waals surface area contributed by atoms with Gasteiger partial charge in [0.1, 0.15) is 8.55 Å². The van der Waals surface area contributed by atoms with Crippen LogP contribution in [0.5, 0.6) is 0 Å². The first kappa shape index (κ1) is 18.9. The maximum Gasteiger partial charge on any atom is 0.252 e. The summed E-state index contributed by atoms with van der Waals surface area (Å²) in [5.74, 6) is 0.815. The molecule has 1 aliphatic carbocycles. The van der Waals surface area contributed by atoms with Crippen molar-refractivity contribution in [3.05, 3.63) is 15.4 Å². The van der Waals surface area contributed by atoms with Crippen molar-refractivity contribution in [3.63, 3.8) is 0 Å². The van der Waals surface area contributed by atoms with E-state index in [1.54, 1.807) is 7.05 Å². The van der Waals surface area contributed by atoms with Gasteiger partial charge in [-0.15, -0.1) is 11.3 Å². The summed E-state index contributed by atoms with van der Waals surface area (Å²) >= 11 is 12.9. The highest BCUT2D eigenvalue weighted by molar-refractivity contribution is 7.91. The molecule has 0 unspecified atom stereocenters. The molecule has 8 heteroatoms. The molecule has 24 heavy (non-hydrogen) atoms. The fraction of sp³-hybridized carbons (Fsp3) is 0.750. The van der Waals surface area contributed by atoms with E-state index >= 15 is 0 Å². The molecule has 0 amide bonds. The summed E-state index contributed by atoms with van der Waals surface area (Å²) in [6, 6.07) is 2.02. The van der Waals surface area contributed by atoms with Crippen LogP contribution in [0.15, 0.2) is 10.3 Å². The largest absolute Gasteiger partial charge is 0.300 e. The number of piperidine rings is 1. The summed E-state index contributed by atoms with van der Waals surface area (Å²) in [5.41, 5.74) is 0. The Morgan fingerprint density at radius 1 is 1.21 bits per heavy atom. The Balaban J connectivity index is 1.66. The van der Waals surface area contributed by atoms with Gasteiger partial charge in [0, 0.05) is 19.1 Å². The summed E-state index contributed by atoms with van der Waals surface area (Å²) < 4.78 is 27.7. The van der Waals surface area contributed by atoms with E-state index in [0.717, 1.165) is 49.6 Å². The lowest BCUT2D eigenvalue weighted by Crippen LogP contribution is -2.41. The molecule has 2 aliphatic rings. The van der Waals surface area contributed by atoms with Crippen molar-refractivity contribution in [2.45, 2.75) is 55.3 Å². The molecule has 0 spiro atoms. The molecule has 136 valence electrons. The molecule has 2 atom stereocenters. The van der Waals surface area contributed by atoms with Gasteiger partial charge in [0.25, 0.3) is 10.0 Å². The molecular weight excluding hydrogens is 387 g/mol. The molecule has 1 aromatic rings.